The van der Waals surface area contributed by atoms with E-state index in [4.69, 9.17) is 4.52 Å². The van der Waals surface area contributed by atoms with Crippen molar-refractivity contribution in [3.63, 3.8) is 0 Å². The van der Waals surface area contributed by atoms with Crippen LogP contribution in [0.2, 0.25) is 0 Å². The Morgan fingerprint density at radius 3 is 2.78 bits per heavy atom. The van der Waals surface area contributed by atoms with Gasteiger partial charge in [-0.05, 0) is 36.4 Å². The van der Waals surface area contributed by atoms with Gasteiger partial charge in [-0.3, -0.25) is 4.79 Å². The molecule has 2 N–H and O–H groups in total. The van der Waals surface area contributed by atoms with E-state index in [2.05, 4.69) is 15.7 Å². The van der Waals surface area contributed by atoms with Gasteiger partial charge in [-0.1, -0.05) is 5.16 Å². The molecule has 3 aromatic rings. The van der Waals surface area contributed by atoms with Crippen molar-refractivity contribution < 1.29 is 18.8 Å². The van der Waals surface area contributed by atoms with Crippen LogP contribution in [0.4, 0.5) is 4.39 Å². The first-order valence-electron chi connectivity index (χ1n) is 6.47. The van der Waals surface area contributed by atoms with Crippen molar-refractivity contribution in [2.24, 2.45) is 5.10 Å². The lowest BCUT2D eigenvalue weighted by Gasteiger charge is -1.94. The number of carbonyl (C=O) groups excluding carboxylic acids is 1. The van der Waals surface area contributed by atoms with E-state index in [1.165, 1.54) is 30.5 Å². The fraction of sp³-hybridized carbons (Fsp3) is 0. The normalized spacial score (nSPS) is 11.0. The second kappa shape index (κ2) is 6.41. The summed E-state index contributed by atoms with van der Waals surface area (Å²) in [6.07, 6.45) is 1.34. The Balaban J connectivity index is 1.66. The topological polar surface area (TPSA) is 87.7 Å². The van der Waals surface area contributed by atoms with Crippen LogP contribution in [0.5, 0.6) is 5.75 Å². The van der Waals surface area contributed by atoms with Crippen LogP contribution < -0.4 is 5.43 Å². The lowest BCUT2D eigenvalue weighted by Crippen LogP contribution is -2.17. The minimum atomic E-state index is -0.549. The number of hydrogen-bond acceptors (Lipinski definition) is 6. The number of phenolic OH excluding ortho intramolecular Hbond substituents is 1. The Kier molecular flexibility index (Phi) is 4.15. The van der Waals surface area contributed by atoms with Crippen molar-refractivity contribution in [3.8, 4) is 17.1 Å². The molecule has 1 aromatic carbocycles. The van der Waals surface area contributed by atoms with E-state index < -0.39 is 5.91 Å². The van der Waals surface area contributed by atoms with Crippen LogP contribution in [0.25, 0.3) is 11.3 Å². The van der Waals surface area contributed by atoms with Crippen molar-refractivity contribution in [3.05, 3.63) is 58.2 Å². The smallest absolute Gasteiger partial charge is 0.293 e. The molecule has 0 saturated carbocycles. The minimum absolute atomic E-state index is 0.0579. The fourth-order valence-electron chi connectivity index (χ4n) is 1.75. The SMILES string of the molecule is O=C(NN=Cc1ccc(F)s1)c1cc(-c2ccc(O)cc2)on1. The molecule has 2 aromatic heterocycles. The van der Waals surface area contributed by atoms with E-state index in [0.717, 1.165) is 11.3 Å². The maximum atomic E-state index is 12.8. The number of phenols is 1. The van der Waals surface area contributed by atoms with Gasteiger partial charge in [0.2, 0.25) is 0 Å². The van der Waals surface area contributed by atoms with Crippen LogP contribution in [0.1, 0.15) is 15.4 Å². The Hall–Kier alpha value is -3.00. The number of benzene rings is 1. The molecule has 0 radical (unpaired) electrons. The van der Waals surface area contributed by atoms with Crippen LogP contribution in [-0.2, 0) is 0 Å². The number of rotatable bonds is 4. The molecule has 116 valence electrons. The van der Waals surface area contributed by atoms with Gasteiger partial charge < -0.3 is 9.63 Å². The van der Waals surface area contributed by atoms with Gasteiger partial charge in [0.05, 0.1) is 11.1 Å². The summed E-state index contributed by atoms with van der Waals surface area (Å²) < 4.78 is 17.9. The van der Waals surface area contributed by atoms with Crippen molar-refractivity contribution in [2.45, 2.75) is 0 Å². The quantitative estimate of drug-likeness (QED) is 0.568. The molecule has 0 aliphatic heterocycles. The predicted molar refractivity (Wildman–Crippen MR) is 82.9 cm³/mol. The summed E-state index contributed by atoms with van der Waals surface area (Å²) in [7, 11) is 0. The maximum Gasteiger partial charge on any atom is 0.293 e. The molecule has 0 unspecified atom stereocenters. The van der Waals surface area contributed by atoms with E-state index >= 15 is 0 Å². The number of amides is 1. The van der Waals surface area contributed by atoms with Crippen LogP contribution >= 0.6 is 11.3 Å². The first-order valence-corrected chi connectivity index (χ1v) is 7.28. The molecule has 0 spiro atoms. The zero-order valence-electron chi connectivity index (χ0n) is 11.6. The summed E-state index contributed by atoms with van der Waals surface area (Å²) in [4.78, 5) is 12.5. The number of nitrogens with one attached hydrogen (secondary N) is 1. The van der Waals surface area contributed by atoms with Gasteiger partial charge in [0, 0.05) is 11.6 Å². The molecule has 0 bridgehead atoms. The maximum absolute atomic E-state index is 12.8. The third-order valence-electron chi connectivity index (χ3n) is 2.85. The molecule has 23 heavy (non-hydrogen) atoms. The largest absolute Gasteiger partial charge is 0.508 e. The number of halogens is 1. The van der Waals surface area contributed by atoms with E-state index in [0.29, 0.717) is 16.2 Å². The monoisotopic (exact) mass is 331 g/mol. The number of hydrazone groups is 1. The van der Waals surface area contributed by atoms with Gasteiger partial charge in [0.15, 0.2) is 16.6 Å². The molecular weight excluding hydrogens is 321 g/mol. The van der Waals surface area contributed by atoms with Gasteiger partial charge >= 0.3 is 0 Å². The minimum Gasteiger partial charge on any atom is -0.508 e. The zero-order chi connectivity index (χ0) is 16.2. The first kappa shape index (κ1) is 14.9. The summed E-state index contributed by atoms with van der Waals surface area (Å²) in [6, 6.07) is 10.6. The molecule has 0 aliphatic carbocycles. The highest BCUT2D eigenvalue weighted by atomic mass is 32.1. The van der Waals surface area contributed by atoms with E-state index in [1.54, 1.807) is 18.2 Å². The highest BCUT2D eigenvalue weighted by molar-refractivity contribution is 7.12. The number of aromatic nitrogens is 1. The molecule has 0 atom stereocenters. The highest BCUT2D eigenvalue weighted by Gasteiger charge is 2.13. The predicted octanol–water partition coefficient (Wildman–Crippen LogP) is 3.01. The highest BCUT2D eigenvalue weighted by Crippen LogP contribution is 2.22. The standard InChI is InChI=1S/C15H10FN3O3S/c16-14-6-5-11(23-14)8-17-18-15(21)12-7-13(22-19-12)9-1-3-10(20)4-2-9/h1-8,20H,(H,18,21). The second-order valence-corrected chi connectivity index (χ2v) is 5.53. The fourth-order valence-corrected chi connectivity index (χ4v) is 2.36. The molecule has 1 amide bonds. The summed E-state index contributed by atoms with van der Waals surface area (Å²) in [5, 5.41) is 16.3. The van der Waals surface area contributed by atoms with Gasteiger partial charge in [-0.2, -0.15) is 9.49 Å². The van der Waals surface area contributed by atoms with Crippen molar-refractivity contribution in [1.82, 2.24) is 10.6 Å². The molecule has 0 aliphatic rings. The zero-order valence-corrected chi connectivity index (χ0v) is 12.4. The Morgan fingerprint density at radius 1 is 1.30 bits per heavy atom. The second-order valence-electron chi connectivity index (χ2n) is 4.46. The molecule has 0 saturated heterocycles. The van der Waals surface area contributed by atoms with Gasteiger partial charge in [0.1, 0.15) is 5.75 Å². The molecule has 8 heteroatoms. The third kappa shape index (κ3) is 3.61. The first-order chi connectivity index (χ1) is 11.1. The van der Waals surface area contributed by atoms with Crippen LogP contribution in [-0.4, -0.2) is 22.4 Å². The van der Waals surface area contributed by atoms with Gasteiger partial charge in [-0.15, -0.1) is 11.3 Å². The number of aromatic hydroxyl groups is 1. The van der Waals surface area contributed by atoms with Crippen LogP contribution in [0.15, 0.2) is 52.1 Å². The van der Waals surface area contributed by atoms with Gasteiger partial charge in [-0.25, -0.2) is 5.43 Å². The van der Waals surface area contributed by atoms with Crippen molar-refractivity contribution >= 4 is 23.5 Å². The summed E-state index contributed by atoms with van der Waals surface area (Å²) in [5.74, 6) is -0.0305. The van der Waals surface area contributed by atoms with E-state index in [1.807, 2.05) is 0 Å². The number of thiophene rings is 1. The summed E-state index contributed by atoms with van der Waals surface area (Å²) >= 11 is 0.916. The third-order valence-corrected chi connectivity index (χ3v) is 3.65. The molecule has 6 nitrogen and oxygen atoms in total. The van der Waals surface area contributed by atoms with Crippen molar-refractivity contribution in [2.75, 3.05) is 0 Å². The van der Waals surface area contributed by atoms with Gasteiger partial charge in [0.25, 0.3) is 5.91 Å². The Morgan fingerprint density at radius 2 is 2.09 bits per heavy atom. The average Bonchev–Trinajstić information content (AvgIpc) is 3.17. The Labute approximate surface area is 133 Å². The van der Waals surface area contributed by atoms with Crippen LogP contribution in [0.3, 0.4) is 0 Å². The summed E-state index contributed by atoms with van der Waals surface area (Å²) in [5.41, 5.74) is 3.01. The Bertz CT molecular complexity index is 855. The number of hydrogen-bond donors (Lipinski definition) is 2. The average molecular weight is 331 g/mol. The van der Waals surface area contributed by atoms with Crippen LogP contribution in [0, 0.1) is 5.13 Å². The summed E-state index contributed by atoms with van der Waals surface area (Å²) in [6.45, 7) is 0. The number of carbonyl (C=O) groups is 1. The lowest BCUT2D eigenvalue weighted by molar-refractivity contribution is 0.0946. The van der Waals surface area contributed by atoms with Crippen molar-refractivity contribution in [1.29, 1.82) is 0 Å². The molecule has 0 fully saturated rings. The van der Waals surface area contributed by atoms with E-state index in [9.17, 15) is 14.3 Å². The molecule has 2 heterocycles. The number of nitrogens with zero attached hydrogens (tertiary/aromatic N) is 2. The molecule has 3 rings (SSSR count). The van der Waals surface area contributed by atoms with E-state index in [-0.39, 0.29) is 16.6 Å². The lowest BCUT2D eigenvalue weighted by atomic mass is 10.1. The molecular formula is C15H10FN3O3S.